The van der Waals surface area contributed by atoms with Crippen molar-refractivity contribution in [2.45, 2.75) is 0 Å². The van der Waals surface area contributed by atoms with E-state index in [4.69, 9.17) is 19.2 Å². The standard InChI is InChI=1S/K.H4O4Si.Pb.H/c;1-5(2,3)4;;/h;1-4H;;/q+1;;;-1. The Morgan fingerprint density at radius 2 is 1.00 bits per heavy atom. The van der Waals surface area contributed by atoms with Crippen LogP contribution in [0.5, 0.6) is 0 Å². The molecule has 0 unspecified atom stereocenters. The van der Waals surface area contributed by atoms with E-state index in [-0.39, 0.29) is 80.1 Å². The van der Waals surface area contributed by atoms with E-state index in [1.165, 1.54) is 0 Å². The Hall–Kier alpha value is 2.62. The number of hydrogen-bond acceptors (Lipinski definition) is 4. The monoisotopic (exact) mass is 344 g/mol. The molecule has 38 valence electrons. The van der Waals surface area contributed by atoms with E-state index >= 15 is 0 Å². The van der Waals surface area contributed by atoms with E-state index in [0.717, 1.165) is 0 Å². The van der Waals surface area contributed by atoms with Crippen molar-refractivity contribution in [3.8, 4) is 0 Å². The van der Waals surface area contributed by atoms with Gasteiger partial charge in [0, 0.05) is 27.3 Å². The smallest absolute Gasteiger partial charge is 1.00 e. The first-order chi connectivity index (χ1) is 2.00. The normalized spacial score (nSPS) is 8.57. The summed E-state index contributed by atoms with van der Waals surface area (Å²) in [6, 6.07) is 0. The van der Waals surface area contributed by atoms with Crippen LogP contribution in [0.2, 0.25) is 0 Å². The molecule has 0 saturated heterocycles. The van der Waals surface area contributed by atoms with Crippen molar-refractivity contribution in [2.24, 2.45) is 0 Å². The van der Waals surface area contributed by atoms with Gasteiger partial charge in [0.05, 0.1) is 0 Å². The maximum absolute atomic E-state index is 7.33. The maximum atomic E-state index is 7.33. The zero-order chi connectivity index (χ0) is 4.50. The molecule has 0 aromatic rings. The molecular weight excluding hydrogens is 338 g/mol. The Kier molecular flexibility index (Phi) is 15.7. The maximum Gasteiger partial charge on any atom is 1.00 e. The Morgan fingerprint density at radius 3 is 1.00 bits per heavy atom. The second kappa shape index (κ2) is 6.73. The zero-order valence-corrected chi connectivity index (χ0v) is 11.8. The minimum absolute atomic E-state index is 0. The largest absolute Gasteiger partial charge is 1.00 e. The Morgan fingerprint density at radius 1 is 1.00 bits per heavy atom. The van der Waals surface area contributed by atoms with Gasteiger partial charge in [-0.2, -0.15) is 0 Å². The van der Waals surface area contributed by atoms with Crippen LogP contribution >= 0.6 is 0 Å². The Bertz CT molecular complexity index is 31.5. The van der Waals surface area contributed by atoms with Crippen molar-refractivity contribution in [3.63, 3.8) is 0 Å². The molecule has 4 nitrogen and oxygen atoms in total. The van der Waals surface area contributed by atoms with Gasteiger partial charge >= 0.3 is 60.4 Å². The molecular formula is H5KO4PbSi. The molecule has 0 heterocycles. The minimum Gasteiger partial charge on any atom is -1.00 e. The van der Waals surface area contributed by atoms with Gasteiger partial charge in [0.2, 0.25) is 0 Å². The molecule has 0 fully saturated rings. The predicted molar refractivity (Wildman–Crippen MR) is 21.5 cm³/mol. The first-order valence-corrected chi connectivity index (χ1v) is 2.68. The molecule has 0 rings (SSSR count). The molecule has 0 bridgehead atoms. The molecule has 4 radical (unpaired) electrons. The second-order valence-corrected chi connectivity index (χ2v) is 1.80. The van der Waals surface area contributed by atoms with Crippen LogP contribution in [0.25, 0.3) is 0 Å². The summed E-state index contributed by atoms with van der Waals surface area (Å²) in [5.41, 5.74) is 0. The van der Waals surface area contributed by atoms with Crippen molar-refractivity contribution in [1.82, 2.24) is 0 Å². The van der Waals surface area contributed by atoms with Gasteiger partial charge in [-0.1, -0.05) is 0 Å². The fraction of sp³-hybridized carbons (Fsp3) is 0. The molecule has 0 amide bonds. The molecule has 7 heavy (non-hydrogen) atoms. The van der Waals surface area contributed by atoms with Crippen LogP contribution in [-0.4, -0.2) is 55.5 Å². The Labute approximate surface area is 106 Å². The summed E-state index contributed by atoms with van der Waals surface area (Å²) in [6.45, 7) is 0. The Balaban J connectivity index is -0.0000000267. The first-order valence-electron chi connectivity index (χ1n) is 0.894. The van der Waals surface area contributed by atoms with Crippen molar-refractivity contribution >= 4 is 36.3 Å². The van der Waals surface area contributed by atoms with Crippen LogP contribution in [0.3, 0.4) is 0 Å². The van der Waals surface area contributed by atoms with Gasteiger partial charge in [-0.25, -0.2) is 0 Å². The second-order valence-electron chi connectivity index (χ2n) is 0.600. The van der Waals surface area contributed by atoms with E-state index in [2.05, 4.69) is 0 Å². The summed E-state index contributed by atoms with van der Waals surface area (Å²) < 4.78 is 0. The van der Waals surface area contributed by atoms with Crippen molar-refractivity contribution < 1.29 is 72.0 Å². The first kappa shape index (κ1) is 16.3. The molecule has 0 aliphatic heterocycles. The summed E-state index contributed by atoms with van der Waals surface area (Å²) in [5.74, 6) is 0. The SMILES string of the molecule is O[Si](O)(O)O.[H-].[K+].[Pb]. The third kappa shape index (κ3) is 55.1. The van der Waals surface area contributed by atoms with Gasteiger partial charge in [0.1, 0.15) is 0 Å². The molecule has 0 aromatic carbocycles. The van der Waals surface area contributed by atoms with E-state index in [0.29, 0.717) is 0 Å². The quantitative estimate of drug-likeness (QED) is 0.330. The summed E-state index contributed by atoms with van der Waals surface area (Å²) in [7, 11) is -4.61. The van der Waals surface area contributed by atoms with Crippen LogP contribution in [0.4, 0.5) is 0 Å². The third-order valence-corrected chi connectivity index (χ3v) is 0. The average Bonchev–Trinajstić information content (AvgIpc) is 0.722. The van der Waals surface area contributed by atoms with Gasteiger partial charge in [-0.15, -0.1) is 0 Å². The fourth-order valence-corrected chi connectivity index (χ4v) is 0. The van der Waals surface area contributed by atoms with Gasteiger partial charge in [-0.3, -0.25) is 0 Å². The van der Waals surface area contributed by atoms with Gasteiger partial charge in [-0.05, 0) is 0 Å². The molecule has 4 N–H and O–H groups in total. The fourth-order valence-electron chi connectivity index (χ4n) is 0. The van der Waals surface area contributed by atoms with Crippen LogP contribution in [0.15, 0.2) is 0 Å². The van der Waals surface area contributed by atoms with Crippen LogP contribution < -0.4 is 51.4 Å². The van der Waals surface area contributed by atoms with Gasteiger partial charge in [0.15, 0.2) is 0 Å². The van der Waals surface area contributed by atoms with E-state index in [1.54, 1.807) is 0 Å². The van der Waals surface area contributed by atoms with Crippen LogP contribution in [0.1, 0.15) is 1.43 Å². The van der Waals surface area contributed by atoms with Crippen molar-refractivity contribution in [3.05, 3.63) is 0 Å². The molecule has 0 aliphatic carbocycles. The predicted octanol–water partition coefficient (Wildman–Crippen LogP) is -5.87. The molecule has 7 heteroatoms. The average molecular weight is 343 g/mol. The summed E-state index contributed by atoms with van der Waals surface area (Å²) in [4.78, 5) is 29.3. The van der Waals surface area contributed by atoms with Gasteiger partial charge in [0.25, 0.3) is 0 Å². The summed E-state index contributed by atoms with van der Waals surface area (Å²) >= 11 is 0. The van der Waals surface area contributed by atoms with Crippen LogP contribution in [0, 0.1) is 0 Å². The molecule has 0 atom stereocenters. The zero-order valence-electron chi connectivity index (χ0n) is 4.79. The summed E-state index contributed by atoms with van der Waals surface area (Å²) in [5, 5.41) is 0. The molecule has 0 aromatic heterocycles. The topological polar surface area (TPSA) is 80.9 Å². The third-order valence-electron chi connectivity index (χ3n) is 0. The number of hydrogen-bond donors (Lipinski definition) is 4. The molecule has 0 saturated carbocycles. The molecule has 0 aliphatic rings. The van der Waals surface area contributed by atoms with E-state index in [9.17, 15) is 0 Å². The minimum atomic E-state index is -4.61. The van der Waals surface area contributed by atoms with Crippen molar-refractivity contribution in [1.29, 1.82) is 0 Å². The van der Waals surface area contributed by atoms with Gasteiger partial charge < -0.3 is 20.6 Å². The van der Waals surface area contributed by atoms with Crippen LogP contribution in [-0.2, 0) is 0 Å². The van der Waals surface area contributed by atoms with E-state index < -0.39 is 9.05 Å². The van der Waals surface area contributed by atoms with Crippen molar-refractivity contribution in [2.75, 3.05) is 0 Å². The van der Waals surface area contributed by atoms with E-state index in [1.807, 2.05) is 0 Å². The summed E-state index contributed by atoms with van der Waals surface area (Å²) in [6.07, 6.45) is 0. The number of rotatable bonds is 0. The molecule has 0 spiro atoms.